The van der Waals surface area contributed by atoms with E-state index in [1.165, 1.54) is 0 Å². The van der Waals surface area contributed by atoms with Gasteiger partial charge in [0.25, 0.3) is 5.91 Å². The summed E-state index contributed by atoms with van der Waals surface area (Å²) in [5.74, 6) is 0.692. The Morgan fingerprint density at radius 2 is 1.71 bits per heavy atom. The minimum Gasteiger partial charge on any atom is -0.463 e. The second kappa shape index (κ2) is 8.72. The van der Waals surface area contributed by atoms with E-state index in [0.717, 1.165) is 0 Å². The van der Waals surface area contributed by atoms with Crippen LogP contribution in [-0.4, -0.2) is 24.5 Å². The van der Waals surface area contributed by atoms with E-state index in [0.29, 0.717) is 17.1 Å². The van der Waals surface area contributed by atoms with Gasteiger partial charge in [-0.3, -0.25) is 9.59 Å². The number of rotatable bonds is 7. The van der Waals surface area contributed by atoms with Crippen LogP contribution in [0, 0.1) is 0 Å². The molecule has 1 amide bonds. The minimum atomic E-state index is -0.327. The van der Waals surface area contributed by atoms with Crippen molar-refractivity contribution in [2.24, 2.45) is 0 Å². The standard InChI is InChI=1S/C19H21NO4/c1-14(2)23-18(21)11-12-20-19(22)15-7-6-10-17(13-15)24-16-8-4-3-5-9-16/h3-10,13-14H,11-12H2,1-2H3,(H,20,22). The summed E-state index contributed by atoms with van der Waals surface area (Å²) in [4.78, 5) is 23.6. The van der Waals surface area contributed by atoms with Crippen molar-refractivity contribution in [1.29, 1.82) is 0 Å². The summed E-state index contributed by atoms with van der Waals surface area (Å²) in [7, 11) is 0. The van der Waals surface area contributed by atoms with E-state index in [2.05, 4.69) is 5.32 Å². The lowest BCUT2D eigenvalue weighted by Gasteiger charge is -2.09. The quantitative estimate of drug-likeness (QED) is 0.790. The van der Waals surface area contributed by atoms with Crippen molar-refractivity contribution in [2.45, 2.75) is 26.4 Å². The molecule has 0 saturated carbocycles. The van der Waals surface area contributed by atoms with Crippen LogP contribution < -0.4 is 10.1 Å². The number of hydrogen-bond acceptors (Lipinski definition) is 4. The predicted octanol–water partition coefficient (Wildman–Crippen LogP) is 3.55. The summed E-state index contributed by atoms with van der Waals surface area (Å²) in [5, 5.41) is 2.70. The first-order valence-electron chi connectivity index (χ1n) is 7.85. The van der Waals surface area contributed by atoms with E-state index in [4.69, 9.17) is 9.47 Å². The maximum Gasteiger partial charge on any atom is 0.307 e. The fraction of sp³-hybridized carbons (Fsp3) is 0.263. The van der Waals surface area contributed by atoms with Gasteiger partial charge in [0.15, 0.2) is 0 Å². The van der Waals surface area contributed by atoms with Gasteiger partial charge < -0.3 is 14.8 Å². The van der Waals surface area contributed by atoms with Crippen LogP contribution >= 0.6 is 0 Å². The Morgan fingerprint density at radius 3 is 2.42 bits per heavy atom. The van der Waals surface area contributed by atoms with Crippen molar-refractivity contribution in [2.75, 3.05) is 6.54 Å². The molecule has 24 heavy (non-hydrogen) atoms. The first kappa shape index (κ1) is 17.5. The lowest BCUT2D eigenvalue weighted by molar-refractivity contribution is -0.147. The molecule has 0 aliphatic carbocycles. The molecule has 0 atom stereocenters. The molecule has 0 aliphatic rings. The lowest BCUT2D eigenvalue weighted by atomic mass is 10.2. The smallest absolute Gasteiger partial charge is 0.307 e. The summed E-state index contributed by atoms with van der Waals surface area (Å²) in [6.07, 6.45) is -0.00978. The third-order valence-corrected chi connectivity index (χ3v) is 3.06. The monoisotopic (exact) mass is 327 g/mol. The highest BCUT2D eigenvalue weighted by atomic mass is 16.5. The number of carbonyl (C=O) groups is 2. The molecule has 0 unspecified atom stereocenters. The number of hydrogen-bond donors (Lipinski definition) is 1. The molecule has 2 aromatic rings. The highest BCUT2D eigenvalue weighted by Gasteiger charge is 2.09. The highest BCUT2D eigenvalue weighted by Crippen LogP contribution is 2.21. The lowest BCUT2D eigenvalue weighted by Crippen LogP contribution is -2.27. The Balaban J connectivity index is 1.88. The molecule has 5 nitrogen and oxygen atoms in total. The van der Waals surface area contributed by atoms with E-state index >= 15 is 0 Å². The van der Waals surface area contributed by atoms with E-state index in [1.54, 1.807) is 38.1 Å². The van der Waals surface area contributed by atoms with Crippen LogP contribution in [0.15, 0.2) is 54.6 Å². The van der Waals surface area contributed by atoms with Crippen molar-refractivity contribution in [3.63, 3.8) is 0 Å². The van der Waals surface area contributed by atoms with Crippen LogP contribution in [0.25, 0.3) is 0 Å². The number of nitrogens with one attached hydrogen (secondary N) is 1. The molecule has 2 rings (SSSR count). The zero-order chi connectivity index (χ0) is 17.4. The van der Waals surface area contributed by atoms with Crippen LogP contribution in [-0.2, 0) is 9.53 Å². The first-order valence-corrected chi connectivity index (χ1v) is 7.85. The Hall–Kier alpha value is -2.82. The maximum absolute atomic E-state index is 12.1. The van der Waals surface area contributed by atoms with Gasteiger partial charge in [0.1, 0.15) is 11.5 Å². The molecule has 0 bridgehead atoms. The number of ether oxygens (including phenoxy) is 2. The second-order valence-corrected chi connectivity index (χ2v) is 5.49. The molecule has 126 valence electrons. The number of esters is 1. The van der Waals surface area contributed by atoms with Gasteiger partial charge in [0.2, 0.25) is 0 Å². The molecular formula is C19H21NO4. The highest BCUT2D eigenvalue weighted by molar-refractivity contribution is 5.94. The Labute approximate surface area is 141 Å². The molecule has 0 fully saturated rings. The maximum atomic E-state index is 12.1. The Kier molecular flexibility index (Phi) is 6.37. The van der Waals surface area contributed by atoms with Crippen LogP contribution in [0.2, 0.25) is 0 Å². The minimum absolute atomic E-state index is 0.143. The van der Waals surface area contributed by atoms with Gasteiger partial charge >= 0.3 is 5.97 Å². The number of para-hydroxylation sites is 1. The number of benzene rings is 2. The average molecular weight is 327 g/mol. The second-order valence-electron chi connectivity index (χ2n) is 5.49. The molecular weight excluding hydrogens is 306 g/mol. The number of carbonyl (C=O) groups excluding carboxylic acids is 2. The SMILES string of the molecule is CC(C)OC(=O)CCNC(=O)c1cccc(Oc2ccccc2)c1. The van der Waals surface area contributed by atoms with Crippen molar-refractivity contribution in [1.82, 2.24) is 5.32 Å². The molecule has 0 aromatic heterocycles. The topological polar surface area (TPSA) is 64.6 Å². The molecule has 0 spiro atoms. The predicted molar refractivity (Wildman–Crippen MR) is 91.1 cm³/mol. The average Bonchev–Trinajstić information content (AvgIpc) is 2.55. The summed E-state index contributed by atoms with van der Waals surface area (Å²) < 4.78 is 10.7. The molecule has 0 radical (unpaired) electrons. The zero-order valence-corrected chi connectivity index (χ0v) is 13.8. The van der Waals surface area contributed by atoms with E-state index in [9.17, 15) is 9.59 Å². The van der Waals surface area contributed by atoms with E-state index < -0.39 is 0 Å². The third-order valence-electron chi connectivity index (χ3n) is 3.06. The van der Waals surface area contributed by atoms with E-state index in [1.807, 2.05) is 30.3 Å². The summed E-state index contributed by atoms with van der Waals surface area (Å²) >= 11 is 0. The largest absolute Gasteiger partial charge is 0.463 e. The van der Waals surface area contributed by atoms with Crippen molar-refractivity contribution in [3.8, 4) is 11.5 Å². The van der Waals surface area contributed by atoms with Crippen molar-refractivity contribution < 1.29 is 19.1 Å². The normalized spacial score (nSPS) is 10.3. The van der Waals surface area contributed by atoms with Crippen LogP contribution in [0.3, 0.4) is 0 Å². The van der Waals surface area contributed by atoms with Crippen molar-refractivity contribution >= 4 is 11.9 Å². The zero-order valence-electron chi connectivity index (χ0n) is 13.8. The number of amides is 1. The molecule has 2 aromatic carbocycles. The van der Waals surface area contributed by atoms with Crippen molar-refractivity contribution in [3.05, 3.63) is 60.2 Å². The van der Waals surface area contributed by atoms with Gasteiger partial charge in [-0.05, 0) is 44.2 Å². The Bertz CT molecular complexity index is 683. The van der Waals surface area contributed by atoms with E-state index in [-0.39, 0.29) is 30.9 Å². The fourth-order valence-corrected chi connectivity index (χ4v) is 2.03. The summed E-state index contributed by atoms with van der Waals surface area (Å²) in [6, 6.07) is 16.2. The van der Waals surface area contributed by atoms with Gasteiger partial charge in [-0.15, -0.1) is 0 Å². The van der Waals surface area contributed by atoms with Gasteiger partial charge in [0.05, 0.1) is 12.5 Å². The van der Waals surface area contributed by atoms with Gasteiger partial charge in [-0.2, -0.15) is 0 Å². The van der Waals surface area contributed by atoms with Gasteiger partial charge in [-0.1, -0.05) is 24.3 Å². The summed E-state index contributed by atoms with van der Waals surface area (Å²) in [6.45, 7) is 3.80. The van der Waals surface area contributed by atoms with Crippen LogP contribution in [0.1, 0.15) is 30.6 Å². The van der Waals surface area contributed by atoms with Gasteiger partial charge in [-0.25, -0.2) is 0 Å². The Morgan fingerprint density at radius 1 is 1.00 bits per heavy atom. The molecule has 1 N–H and O–H groups in total. The fourth-order valence-electron chi connectivity index (χ4n) is 2.03. The van der Waals surface area contributed by atoms with Gasteiger partial charge in [0, 0.05) is 12.1 Å². The molecule has 0 aliphatic heterocycles. The third kappa shape index (κ3) is 5.76. The summed E-state index contributed by atoms with van der Waals surface area (Å²) in [5.41, 5.74) is 0.473. The molecule has 0 saturated heterocycles. The van der Waals surface area contributed by atoms with Crippen LogP contribution in [0.5, 0.6) is 11.5 Å². The molecule has 0 heterocycles. The first-order chi connectivity index (χ1) is 11.5. The van der Waals surface area contributed by atoms with Crippen LogP contribution in [0.4, 0.5) is 0 Å². The molecule has 5 heteroatoms.